The maximum Gasteiger partial charge on any atom is 0.244 e. The summed E-state index contributed by atoms with van der Waals surface area (Å²) in [5.74, 6) is -0.580. The lowest BCUT2D eigenvalue weighted by molar-refractivity contribution is -0.116. The third-order valence-electron chi connectivity index (χ3n) is 2.81. The molecule has 1 aromatic carbocycles. The highest BCUT2D eigenvalue weighted by molar-refractivity contribution is 5.96. The number of benzene rings is 1. The van der Waals surface area contributed by atoms with Crippen molar-refractivity contribution < 1.29 is 9.59 Å². The molecule has 1 aromatic rings. The van der Waals surface area contributed by atoms with Gasteiger partial charge >= 0.3 is 0 Å². The molecular formula is C16H20N2O2. The van der Waals surface area contributed by atoms with Gasteiger partial charge in [-0.15, -0.1) is 0 Å². The highest BCUT2D eigenvalue weighted by Gasteiger charge is 2.05. The molecule has 0 saturated carbocycles. The largest absolute Gasteiger partial charge is 0.366 e. The Balaban J connectivity index is 2.45. The van der Waals surface area contributed by atoms with E-state index in [9.17, 15) is 9.59 Å². The van der Waals surface area contributed by atoms with Crippen LogP contribution in [0.2, 0.25) is 0 Å². The summed E-state index contributed by atoms with van der Waals surface area (Å²) in [5, 5.41) is 2.69. The fourth-order valence-corrected chi connectivity index (χ4v) is 1.74. The Hall–Kier alpha value is -2.36. The number of nitrogens with one attached hydrogen (secondary N) is 1. The summed E-state index contributed by atoms with van der Waals surface area (Å²) < 4.78 is 0. The SMILES string of the molecule is C=CC(=O)NCCCC/C(=C\c1ccccc1)C(N)=O. The lowest BCUT2D eigenvalue weighted by Crippen LogP contribution is -2.22. The van der Waals surface area contributed by atoms with Crippen molar-refractivity contribution in [2.24, 2.45) is 5.73 Å². The zero-order valence-corrected chi connectivity index (χ0v) is 11.5. The normalized spacial score (nSPS) is 10.9. The average molecular weight is 272 g/mol. The van der Waals surface area contributed by atoms with Crippen LogP contribution in [0.25, 0.3) is 6.08 Å². The predicted molar refractivity (Wildman–Crippen MR) is 80.7 cm³/mol. The van der Waals surface area contributed by atoms with E-state index in [-0.39, 0.29) is 5.91 Å². The third kappa shape index (κ3) is 6.00. The van der Waals surface area contributed by atoms with Crippen molar-refractivity contribution in [1.29, 1.82) is 0 Å². The quantitative estimate of drug-likeness (QED) is 0.561. The van der Waals surface area contributed by atoms with Crippen molar-refractivity contribution in [2.45, 2.75) is 19.3 Å². The summed E-state index contributed by atoms with van der Waals surface area (Å²) in [5.41, 5.74) is 6.94. The fraction of sp³-hybridized carbons (Fsp3) is 0.250. The molecule has 0 saturated heterocycles. The maximum absolute atomic E-state index is 11.4. The number of hydrogen-bond donors (Lipinski definition) is 2. The molecule has 0 aromatic heterocycles. The van der Waals surface area contributed by atoms with Crippen molar-refractivity contribution in [1.82, 2.24) is 5.32 Å². The van der Waals surface area contributed by atoms with Crippen LogP contribution in [0, 0.1) is 0 Å². The summed E-state index contributed by atoms with van der Waals surface area (Å²) in [6, 6.07) is 9.59. The van der Waals surface area contributed by atoms with Crippen LogP contribution in [0.4, 0.5) is 0 Å². The molecule has 20 heavy (non-hydrogen) atoms. The topological polar surface area (TPSA) is 72.2 Å². The molecule has 0 bridgehead atoms. The Morgan fingerprint density at radius 3 is 2.50 bits per heavy atom. The van der Waals surface area contributed by atoms with E-state index in [0.29, 0.717) is 18.5 Å². The number of carbonyl (C=O) groups excluding carboxylic acids is 2. The maximum atomic E-state index is 11.4. The van der Waals surface area contributed by atoms with Gasteiger partial charge in [0.25, 0.3) is 0 Å². The highest BCUT2D eigenvalue weighted by Crippen LogP contribution is 2.12. The summed E-state index contributed by atoms with van der Waals surface area (Å²) >= 11 is 0. The van der Waals surface area contributed by atoms with Gasteiger partial charge in [-0.05, 0) is 37.0 Å². The van der Waals surface area contributed by atoms with Gasteiger partial charge < -0.3 is 11.1 Å². The van der Waals surface area contributed by atoms with Crippen LogP contribution < -0.4 is 11.1 Å². The Bertz CT molecular complexity index is 492. The lowest BCUT2D eigenvalue weighted by Gasteiger charge is -2.05. The summed E-state index contributed by atoms with van der Waals surface area (Å²) in [4.78, 5) is 22.3. The van der Waals surface area contributed by atoms with Gasteiger partial charge in [0.1, 0.15) is 0 Å². The van der Waals surface area contributed by atoms with E-state index in [1.165, 1.54) is 6.08 Å². The van der Waals surface area contributed by atoms with E-state index in [1.54, 1.807) is 0 Å². The second-order valence-electron chi connectivity index (χ2n) is 4.40. The molecule has 0 aliphatic carbocycles. The Morgan fingerprint density at radius 2 is 1.90 bits per heavy atom. The molecule has 0 radical (unpaired) electrons. The number of carbonyl (C=O) groups is 2. The smallest absolute Gasteiger partial charge is 0.244 e. The summed E-state index contributed by atoms with van der Waals surface area (Å²) in [6.07, 6.45) is 5.24. The molecule has 0 unspecified atom stereocenters. The van der Waals surface area contributed by atoms with Crippen molar-refractivity contribution >= 4 is 17.9 Å². The zero-order valence-electron chi connectivity index (χ0n) is 11.5. The average Bonchev–Trinajstić information content (AvgIpc) is 2.46. The minimum atomic E-state index is -0.399. The van der Waals surface area contributed by atoms with Crippen molar-refractivity contribution in [3.63, 3.8) is 0 Å². The molecule has 0 aliphatic heterocycles. The van der Waals surface area contributed by atoms with Crippen LogP contribution in [-0.4, -0.2) is 18.4 Å². The zero-order chi connectivity index (χ0) is 14.8. The van der Waals surface area contributed by atoms with Gasteiger partial charge in [-0.3, -0.25) is 9.59 Å². The van der Waals surface area contributed by atoms with Gasteiger partial charge in [0, 0.05) is 12.1 Å². The molecule has 106 valence electrons. The summed E-state index contributed by atoms with van der Waals surface area (Å²) in [6.45, 7) is 3.95. The minimum Gasteiger partial charge on any atom is -0.366 e. The number of amides is 2. The highest BCUT2D eigenvalue weighted by atomic mass is 16.1. The number of hydrogen-bond acceptors (Lipinski definition) is 2. The van der Waals surface area contributed by atoms with Gasteiger partial charge in [-0.2, -0.15) is 0 Å². The molecule has 1 rings (SSSR count). The van der Waals surface area contributed by atoms with Crippen molar-refractivity contribution in [3.05, 3.63) is 54.1 Å². The molecule has 2 amide bonds. The van der Waals surface area contributed by atoms with Crippen LogP contribution in [0.15, 0.2) is 48.6 Å². The first-order valence-corrected chi connectivity index (χ1v) is 6.59. The predicted octanol–water partition coefficient (Wildman–Crippen LogP) is 2.03. The molecule has 0 aliphatic rings. The fourth-order valence-electron chi connectivity index (χ4n) is 1.74. The van der Waals surface area contributed by atoms with Gasteiger partial charge in [-0.1, -0.05) is 36.9 Å². The molecule has 4 heteroatoms. The molecule has 0 atom stereocenters. The Kier molecular flexibility index (Phi) is 6.82. The molecule has 0 spiro atoms. The van der Waals surface area contributed by atoms with E-state index in [2.05, 4.69) is 11.9 Å². The van der Waals surface area contributed by atoms with E-state index in [1.807, 2.05) is 36.4 Å². The van der Waals surface area contributed by atoms with Crippen LogP contribution in [0.3, 0.4) is 0 Å². The van der Waals surface area contributed by atoms with Gasteiger partial charge in [0.2, 0.25) is 11.8 Å². The molecule has 0 heterocycles. The van der Waals surface area contributed by atoms with E-state index < -0.39 is 5.91 Å². The first-order chi connectivity index (χ1) is 9.63. The number of primary amides is 1. The van der Waals surface area contributed by atoms with E-state index in [0.717, 1.165) is 18.4 Å². The first-order valence-electron chi connectivity index (χ1n) is 6.59. The summed E-state index contributed by atoms with van der Waals surface area (Å²) in [7, 11) is 0. The van der Waals surface area contributed by atoms with Crippen LogP contribution >= 0.6 is 0 Å². The van der Waals surface area contributed by atoms with Gasteiger partial charge in [-0.25, -0.2) is 0 Å². The lowest BCUT2D eigenvalue weighted by atomic mass is 10.0. The molecule has 0 fully saturated rings. The number of rotatable bonds is 8. The number of unbranched alkanes of at least 4 members (excludes halogenated alkanes) is 1. The van der Waals surface area contributed by atoms with E-state index >= 15 is 0 Å². The van der Waals surface area contributed by atoms with Crippen molar-refractivity contribution in [3.8, 4) is 0 Å². The third-order valence-corrected chi connectivity index (χ3v) is 2.81. The second-order valence-corrected chi connectivity index (χ2v) is 4.40. The minimum absolute atomic E-state index is 0.181. The first kappa shape index (κ1) is 15.7. The standard InChI is InChI=1S/C16H20N2O2/c1-2-15(19)18-11-7-6-10-14(16(17)20)12-13-8-4-3-5-9-13/h2-5,8-9,12H,1,6-7,10-11H2,(H2,17,20)(H,18,19)/b14-12+. The van der Waals surface area contributed by atoms with Gasteiger partial charge in [0.15, 0.2) is 0 Å². The van der Waals surface area contributed by atoms with Gasteiger partial charge in [0.05, 0.1) is 0 Å². The van der Waals surface area contributed by atoms with Crippen molar-refractivity contribution in [2.75, 3.05) is 6.54 Å². The monoisotopic (exact) mass is 272 g/mol. The Morgan fingerprint density at radius 1 is 1.20 bits per heavy atom. The molecule has 3 N–H and O–H groups in total. The molecular weight excluding hydrogens is 252 g/mol. The number of nitrogens with two attached hydrogens (primary N) is 1. The van der Waals surface area contributed by atoms with E-state index in [4.69, 9.17) is 5.73 Å². The second kappa shape index (κ2) is 8.69. The Labute approximate surface area is 119 Å². The van der Waals surface area contributed by atoms with Crippen LogP contribution in [0.1, 0.15) is 24.8 Å². The van der Waals surface area contributed by atoms with Crippen LogP contribution in [0.5, 0.6) is 0 Å². The molecule has 4 nitrogen and oxygen atoms in total. The van der Waals surface area contributed by atoms with Crippen LogP contribution in [-0.2, 0) is 9.59 Å².